The van der Waals surface area contributed by atoms with Crippen molar-refractivity contribution in [2.75, 3.05) is 31.6 Å². The Kier molecular flexibility index (Phi) is 5.62. The number of carbonyl (C=O) groups is 1. The van der Waals surface area contributed by atoms with Crippen molar-refractivity contribution in [3.05, 3.63) is 58.1 Å². The van der Waals surface area contributed by atoms with Crippen molar-refractivity contribution in [2.24, 2.45) is 0 Å². The fourth-order valence-corrected chi connectivity index (χ4v) is 3.89. The highest BCUT2D eigenvalue weighted by Crippen LogP contribution is 2.37. The summed E-state index contributed by atoms with van der Waals surface area (Å²) in [5, 5.41) is 13.8. The molecule has 1 N–H and O–H groups in total. The molecule has 2 aliphatic rings. The molecule has 152 valence electrons. The van der Waals surface area contributed by atoms with Crippen molar-refractivity contribution in [3.63, 3.8) is 0 Å². The summed E-state index contributed by atoms with van der Waals surface area (Å²) in [6, 6.07) is 12.2. The first kappa shape index (κ1) is 19.2. The van der Waals surface area contributed by atoms with E-state index < -0.39 is 4.92 Å². The third-order valence-corrected chi connectivity index (χ3v) is 5.24. The number of para-hydroxylation sites is 2. The molecule has 2 aliphatic heterocycles. The second-order valence-corrected chi connectivity index (χ2v) is 7.21. The van der Waals surface area contributed by atoms with E-state index >= 15 is 0 Å². The van der Waals surface area contributed by atoms with Gasteiger partial charge in [0, 0.05) is 18.5 Å². The van der Waals surface area contributed by atoms with Crippen molar-refractivity contribution in [3.8, 4) is 11.5 Å². The minimum atomic E-state index is -0.494. The average Bonchev–Trinajstić information content (AvgIpc) is 3.03. The molecule has 1 saturated heterocycles. The largest absolute Gasteiger partial charge is 0.490 e. The molecule has 8 heteroatoms. The van der Waals surface area contributed by atoms with Gasteiger partial charge in [0.25, 0.3) is 5.69 Å². The Morgan fingerprint density at radius 1 is 1.14 bits per heavy atom. The number of rotatable bonds is 5. The number of nitrogens with one attached hydrogen (secondary N) is 1. The fraction of sp³-hybridized carbons (Fsp3) is 0.381. The van der Waals surface area contributed by atoms with E-state index in [0.29, 0.717) is 13.2 Å². The van der Waals surface area contributed by atoms with E-state index in [1.807, 2.05) is 18.2 Å². The van der Waals surface area contributed by atoms with Gasteiger partial charge < -0.3 is 14.8 Å². The summed E-state index contributed by atoms with van der Waals surface area (Å²) in [6.07, 6.45) is 2.78. The molecule has 2 aromatic rings. The summed E-state index contributed by atoms with van der Waals surface area (Å²) in [6.45, 7) is 2.24. The molecule has 0 saturated carbocycles. The summed E-state index contributed by atoms with van der Waals surface area (Å²) in [5.74, 6) is 1.24. The van der Waals surface area contributed by atoms with Crippen LogP contribution in [0.5, 0.6) is 11.5 Å². The third kappa shape index (κ3) is 4.32. The lowest BCUT2D eigenvalue weighted by Crippen LogP contribution is -2.33. The van der Waals surface area contributed by atoms with Crippen LogP contribution in [0.1, 0.15) is 30.9 Å². The zero-order valence-electron chi connectivity index (χ0n) is 16.0. The minimum Gasteiger partial charge on any atom is -0.490 e. The van der Waals surface area contributed by atoms with Crippen molar-refractivity contribution in [2.45, 2.75) is 25.3 Å². The van der Waals surface area contributed by atoms with Crippen LogP contribution in [0.2, 0.25) is 0 Å². The summed E-state index contributed by atoms with van der Waals surface area (Å²) in [7, 11) is 0. The molecular weight excluding hydrogens is 374 g/mol. The van der Waals surface area contributed by atoms with Gasteiger partial charge in [-0.1, -0.05) is 18.2 Å². The van der Waals surface area contributed by atoms with E-state index in [9.17, 15) is 14.9 Å². The number of ether oxygens (including phenoxy) is 2. The number of carbonyl (C=O) groups excluding carboxylic acids is 1. The van der Waals surface area contributed by atoms with Gasteiger partial charge >= 0.3 is 0 Å². The van der Waals surface area contributed by atoms with Crippen LogP contribution < -0.4 is 14.8 Å². The quantitative estimate of drug-likeness (QED) is 0.613. The smallest absolute Gasteiger partial charge is 0.292 e. The van der Waals surface area contributed by atoms with Gasteiger partial charge in [-0.15, -0.1) is 0 Å². The van der Waals surface area contributed by atoms with Crippen molar-refractivity contribution in [1.29, 1.82) is 0 Å². The molecule has 2 heterocycles. The second kappa shape index (κ2) is 8.48. The van der Waals surface area contributed by atoms with Gasteiger partial charge in [-0.3, -0.25) is 19.8 Å². The normalized spacial score (nSPS) is 18.8. The highest BCUT2D eigenvalue weighted by atomic mass is 16.6. The number of anilines is 1. The Morgan fingerprint density at radius 2 is 1.93 bits per heavy atom. The van der Waals surface area contributed by atoms with Gasteiger partial charge in [0.1, 0.15) is 5.69 Å². The monoisotopic (exact) mass is 397 g/mol. The van der Waals surface area contributed by atoms with Gasteiger partial charge in [0.05, 0.1) is 24.7 Å². The van der Waals surface area contributed by atoms with E-state index in [-0.39, 0.29) is 29.9 Å². The van der Waals surface area contributed by atoms with E-state index in [0.717, 1.165) is 42.9 Å². The third-order valence-electron chi connectivity index (χ3n) is 5.24. The lowest BCUT2D eigenvalue weighted by molar-refractivity contribution is -0.383. The van der Waals surface area contributed by atoms with Crippen LogP contribution in [0.15, 0.2) is 42.5 Å². The first-order valence-corrected chi connectivity index (χ1v) is 9.78. The number of nitrogens with zero attached hydrogens (tertiary/aromatic N) is 2. The van der Waals surface area contributed by atoms with E-state index in [1.165, 1.54) is 6.07 Å². The van der Waals surface area contributed by atoms with Crippen LogP contribution in [-0.4, -0.2) is 42.0 Å². The van der Waals surface area contributed by atoms with E-state index in [4.69, 9.17) is 9.47 Å². The molecule has 0 bridgehead atoms. The van der Waals surface area contributed by atoms with E-state index in [1.54, 1.807) is 18.2 Å². The molecule has 29 heavy (non-hydrogen) atoms. The predicted octanol–water partition coefficient (Wildman–Crippen LogP) is 3.53. The highest BCUT2D eigenvalue weighted by molar-refractivity contribution is 5.94. The van der Waals surface area contributed by atoms with Crippen LogP contribution in [0.25, 0.3) is 0 Å². The number of benzene rings is 2. The number of nitro groups is 1. The molecule has 1 atom stereocenters. The van der Waals surface area contributed by atoms with Gasteiger partial charge in [-0.2, -0.15) is 0 Å². The molecule has 8 nitrogen and oxygen atoms in total. The first-order chi connectivity index (χ1) is 14.1. The maximum Gasteiger partial charge on any atom is 0.292 e. The Labute approximate surface area is 168 Å². The first-order valence-electron chi connectivity index (χ1n) is 9.78. The van der Waals surface area contributed by atoms with Crippen molar-refractivity contribution >= 4 is 17.3 Å². The molecule has 1 amide bonds. The molecule has 0 aliphatic carbocycles. The Hall–Kier alpha value is -3.13. The Bertz CT molecular complexity index is 917. The van der Waals surface area contributed by atoms with Gasteiger partial charge in [0.2, 0.25) is 5.91 Å². The van der Waals surface area contributed by atoms with Crippen LogP contribution >= 0.6 is 0 Å². The molecule has 2 aromatic carbocycles. The van der Waals surface area contributed by atoms with Gasteiger partial charge in [-0.25, -0.2) is 0 Å². The summed E-state index contributed by atoms with van der Waals surface area (Å²) < 4.78 is 11.5. The molecule has 0 spiro atoms. The zero-order valence-corrected chi connectivity index (χ0v) is 16.0. The molecule has 0 unspecified atom stereocenters. The molecule has 0 radical (unpaired) electrons. The topological polar surface area (TPSA) is 93.9 Å². The predicted molar refractivity (Wildman–Crippen MR) is 107 cm³/mol. The molecule has 1 fully saturated rings. The number of nitro benzene ring substituents is 1. The number of fused-ring (bicyclic) bond motifs is 1. The van der Waals surface area contributed by atoms with Crippen LogP contribution in [-0.2, 0) is 4.79 Å². The Balaban J connectivity index is 1.46. The highest BCUT2D eigenvalue weighted by Gasteiger charge is 2.29. The standard InChI is InChI=1S/C21H23N3O5/c25-21(22-16-5-1-2-6-18(16)24(26)27)14-23-10-3-7-17(23)15-8-9-19-20(13-15)29-12-4-11-28-19/h1-2,5-6,8-9,13,17H,3-4,7,10-12,14H2,(H,22,25)/t17-/m1/s1. The lowest BCUT2D eigenvalue weighted by atomic mass is 10.0. The number of hydrogen-bond donors (Lipinski definition) is 1. The summed E-state index contributed by atoms with van der Waals surface area (Å²) in [4.78, 5) is 25.3. The average molecular weight is 397 g/mol. The molecule has 4 rings (SSSR count). The van der Waals surface area contributed by atoms with Crippen LogP contribution in [0.3, 0.4) is 0 Å². The second-order valence-electron chi connectivity index (χ2n) is 7.21. The number of amides is 1. The molecule has 0 aromatic heterocycles. The summed E-state index contributed by atoms with van der Waals surface area (Å²) >= 11 is 0. The fourth-order valence-electron chi connectivity index (χ4n) is 3.89. The molecular formula is C21H23N3O5. The van der Waals surface area contributed by atoms with Crippen molar-refractivity contribution in [1.82, 2.24) is 4.90 Å². The lowest BCUT2D eigenvalue weighted by Gasteiger charge is -2.25. The van der Waals surface area contributed by atoms with E-state index in [2.05, 4.69) is 10.2 Å². The van der Waals surface area contributed by atoms with Crippen LogP contribution in [0.4, 0.5) is 11.4 Å². The Morgan fingerprint density at radius 3 is 2.76 bits per heavy atom. The maximum atomic E-state index is 12.6. The van der Waals surface area contributed by atoms with Gasteiger partial charge in [-0.05, 0) is 43.1 Å². The van der Waals surface area contributed by atoms with Crippen LogP contribution in [0, 0.1) is 10.1 Å². The zero-order chi connectivity index (χ0) is 20.2. The SMILES string of the molecule is O=C(CN1CCC[C@@H]1c1ccc2c(c1)OCCCO2)Nc1ccccc1[N+](=O)[O-]. The minimum absolute atomic E-state index is 0.101. The van der Waals surface area contributed by atoms with Gasteiger partial charge in [0.15, 0.2) is 11.5 Å². The maximum absolute atomic E-state index is 12.6. The van der Waals surface area contributed by atoms with Crippen molar-refractivity contribution < 1.29 is 19.2 Å². The summed E-state index contributed by atoms with van der Waals surface area (Å²) in [5.41, 5.74) is 1.20. The number of likely N-dealkylation sites (tertiary alicyclic amines) is 1. The number of hydrogen-bond acceptors (Lipinski definition) is 6.